The van der Waals surface area contributed by atoms with Crippen LogP contribution in [0.3, 0.4) is 0 Å². The van der Waals surface area contributed by atoms with Crippen LogP contribution in [0.1, 0.15) is 32.4 Å². The molecule has 20 heavy (non-hydrogen) atoms. The lowest BCUT2D eigenvalue weighted by atomic mass is 10.1. The molecule has 1 amide bonds. The minimum atomic E-state index is -0.638. The molecule has 110 valence electrons. The monoisotopic (exact) mass is 295 g/mol. The van der Waals surface area contributed by atoms with Crippen LogP contribution < -0.4 is 0 Å². The van der Waals surface area contributed by atoms with E-state index in [1.54, 1.807) is 39.6 Å². The van der Waals surface area contributed by atoms with Crippen molar-refractivity contribution in [2.75, 3.05) is 13.3 Å². The summed E-state index contributed by atoms with van der Waals surface area (Å²) < 4.78 is 5.27. The maximum absolute atomic E-state index is 12.0. The molecule has 0 radical (unpaired) electrons. The van der Waals surface area contributed by atoms with Crippen molar-refractivity contribution in [1.29, 1.82) is 0 Å². The van der Waals surface area contributed by atoms with E-state index in [1.165, 1.54) is 4.90 Å². The Labute approximate surface area is 124 Å². The first kappa shape index (κ1) is 16.6. The second-order valence-corrected chi connectivity index (χ2v) is 6.32. The topological polar surface area (TPSA) is 46.6 Å². The third-order valence-corrected chi connectivity index (χ3v) is 3.43. The lowest BCUT2D eigenvalue weighted by Crippen LogP contribution is -2.37. The number of benzene rings is 1. The van der Waals surface area contributed by atoms with E-state index in [9.17, 15) is 9.59 Å². The lowest BCUT2D eigenvalue weighted by molar-refractivity contribution is -0.112. The molecule has 0 heterocycles. The van der Waals surface area contributed by atoms with Gasteiger partial charge >= 0.3 is 6.09 Å². The van der Waals surface area contributed by atoms with E-state index in [4.69, 9.17) is 4.74 Å². The van der Waals surface area contributed by atoms with Crippen LogP contribution in [0.4, 0.5) is 4.79 Å². The molecule has 0 aliphatic carbocycles. The number of amides is 1. The predicted molar refractivity (Wildman–Crippen MR) is 81.0 cm³/mol. The first-order valence-corrected chi connectivity index (χ1v) is 7.56. The summed E-state index contributed by atoms with van der Waals surface area (Å²) >= 11 is 1.63. The molecule has 1 rings (SSSR count). The van der Waals surface area contributed by atoms with Crippen molar-refractivity contribution in [1.82, 2.24) is 4.90 Å². The smallest absolute Gasteiger partial charge is 0.410 e. The van der Waals surface area contributed by atoms with E-state index < -0.39 is 17.7 Å². The number of hydrogen-bond acceptors (Lipinski definition) is 4. The van der Waals surface area contributed by atoms with Crippen LogP contribution in [0, 0.1) is 0 Å². The third-order valence-electron chi connectivity index (χ3n) is 2.68. The second kappa shape index (κ2) is 6.79. The summed E-state index contributed by atoms with van der Waals surface area (Å²) in [6.07, 6.45) is 2.22. The van der Waals surface area contributed by atoms with Gasteiger partial charge in [0.15, 0.2) is 0 Å². The van der Waals surface area contributed by atoms with Gasteiger partial charge in [0.25, 0.3) is 0 Å². The van der Waals surface area contributed by atoms with Gasteiger partial charge in [-0.25, -0.2) is 4.79 Å². The molecular formula is C15H21NO3S. The molecule has 0 spiro atoms. The second-order valence-electron chi connectivity index (χ2n) is 5.45. The standard InChI is InChI=1S/C15H21NO3S/c1-15(2,3)19-14(18)16(4)13(10-17)11-6-8-12(20-5)9-7-11/h6-10,13H,1-5H3. The van der Waals surface area contributed by atoms with Crippen LogP contribution in [0.15, 0.2) is 29.2 Å². The van der Waals surface area contributed by atoms with Crippen LogP contribution in [-0.2, 0) is 9.53 Å². The van der Waals surface area contributed by atoms with Gasteiger partial charge in [0.1, 0.15) is 17.9 Å². The Bertz CT molecular complexity index is 465. The first-order valence-electron chi connectivity index (χ1n) is 6.33. The zero-order chi connectivity index (χ0) is 15.3. The molecule has 0 saturated heterocycles. The Morgan fingerprint density at radius 3 is 2.25 bits per heavy atom. The van der Waals surface area contributed by atoms with Gasteiger partial charge in [-0.15, -0.1) is 11.8 Å². The number of ether oxygens (including phenoxy) is 1. The van der Waals surface area contributed by atoms with E-state index in [0.717, 1.165) is 16.7 Å². The Morgan fingerprint density at radius 2 is 1.85 bits per heavy atom. The van der Waals surface area contributed by atoms with E-state index in [1.807, 2.05) is 30.5 Å². The van der Waals surface area contributed by atoms with Crippen LogP contribution in [0.25, 0.3) is 0 Å². The lowest BCUT2D eigenvalue weighted by Gasteiger charge is -2.28. The maximum atomic E-state index is 12.0. The highest BCUT2D eigenvalue weighted by Crippen LogP contribution is 2.23. The Hall–Kier alpha value is -1.49. The van der Waals surface area contributed by atoms with Crippen LogP contribution in [-0.4, -0.2) is 36.2 Å². The number of likely N-dealkylation sites (N-methyl/N-ethyl adjacent to an activating group) is 1. The molecule has 0 saturated carbocycles. The van der Waals surface area contributed by atoms with Gasteiger partial charge in [-0.1, -0.05) is 12.1 Å². The molecule has 1 aromatic rings. The average Bonchev–Trinajstić information content (AvgIpc) is 2.38. The zero-order valence-electron chi connectivity index (χ0n) is 12.5. The van der Waals surface area contributed by atoms with Crippen LogP contribution in [0.5, 0.6) is 0 Å². The number of rotatable bonds is 4. The molecule has 1 atom stereocenters. The van der Waals surface area contributed by atoms with Crippen molar-refractivity contribution in [3.05, 3.63) is 29.8 Å². The maximum Gasteiger partial charge on any atom is 0.410 e. The number of aldehydes is 1. The minimum absolute atomic E-state index is 0.511. The highest BCUT2D eigenvalue weighted by Gasteiger charge is 2.26. The van der Waals surface area contributed by atoms with Crippen LogP contribution in [0.2, 0.25) is 0 Å². The van der Waals surface area contributed by atoms with E-state index in [-0.39, 0.29) is 0 Å². The largest absolute Gasteiger partial charge is 0.444 e. The van der Waals surface area contributed by atoms with E-state index >= 15 is 0 Å². The summed E-state index contributed by atoms with van der Waals surface area (Å²) in [4.78, 5) is 25.7. The molecule has 0 N–H and O–H groups in total. The molecule has 4 nitrogen and oxygen atoms in total. The highest BCUT2D eigenvalue weighted by molar-refractivity contribution is 7.98. The quantitative estimate of drug-likeness (QED) is 0.630. The molecule has 1 unspecified atom stereocenters. The molecule has 0 bridgehead atoms. The first-order chi connectivity index (χ1) is 9.28. The third kappa shape index (κ3) is 4.56. The number of hydrogen-bond donors (Lipinski definition) is 0. The molecule has 0 aliphatic rings. The number of carbonyl (C=O) groups excluding carboxylic acids is 2. The molecular weight excluding hydrogens is 274 g/mol. The van der Waals surface area contributed by atoms with Crippen molar-refractivity contribution >= 4 is 24.1 Å². The van der Waals surface area contributed by atoms with Gasteiger partial charge in [-0.2, -0.15) is 0 Å². The minimum Gasteiger partial charge on any atom is -0.444 e. The normalized spacial score (nSPS) is 12.7. The van der Waals surface area contributed by atoms with Gasteiger partial charge in [0.2, 0.25) is 0 Å². The summed E-state index contributed by atoms with van der Waals surface area (Å²) in [6.45, 7) is 5.38. The van der Waals surface area contributed by atoms with Crippen molar-refractivity contribution in [3.8, 4) is 0 Å². The van der Waals surface area contributed by atoms with Gasteiger partial charge in [-0.3, -0.25) is 4.90 Å². The Kier molecular flexibility index (Phi) is 5.62. The summed E-state index contributed by atoms with van der Waals surface area (Å²) in [5.74, 6) is 0. The summed E-state index contributed by atoms with van der Waals surface area (Å²) in [7, 11) is 1.57. The van der Waals surface area contributed by atoms with Gasteiger partial charge in [0.05, 0.1) is 0 Å². The number of thioether (sulfide) groups is 1. The van der Waals surface area contributed by atoms with Gasteiger partial charge in [0, 0.05) is 11.9 Å². The van der Waals surface area contributed by atoms with E-state index in [0.29, 0.717) is 0 Å². The fourth-order valence-electron chi connectivity index (χ4n) is 1.64. The van der Waals surface area contributed by atoms with Crippen molar-refractivity contribution in [3.63, 3.8) is 0 Å². The average molecular weight is 295 g/mol. The van der Waals surface area contributed by atoms with Crippen LogP contribution >= 0.6 is 11.8 Å². The van der Waals surface area contributed by atoms with Crippen molar-refractivity contribution in [2.45, 2.75) is 37.3 Å². The molecule has 5 heteroatoms. The highest BCUT2D eigenvalue weighted by atomic mass is 32.2. The summed E-state index contributed by atoms with van der Waals surface area (Å²) in [5, 5.41) is 0. The summed E-state index contributed by atoms with van der Waals surface area (Å²) in [6, 6.07) is 6.93. The van der Waals surface area contributed by atoms with Gasteiger partial charge < -0.3 is 9.53 Å². The molecule has 0 aliphatic heterocycles. The number of nitrogens with zero attached hydrogens (tertiary/aromatic N) is 1. The van der Waals surface area contributed by atoms with Crippen molar-refractivity contribution in [2.24, 2.45) is 0 Å². The fourth-order valence-corrected chi connectivity index (χ4v) is 2.05. The van der Waals surface area contributed by atoms with Gasteiger partial charge in [-0.05, 0) is 44.7 Å². The zero-order valence-corrected chi connectivity index (χ0v) is 13.4. The molecule has 0 aromatic heterocycles. The van der Waals surface area contributed by atoms with Crippen molar-refractivity contribution < 1.29 is 14.3 Å². The SMILES string of the molecule is CSc1ccc(C(C=O)N(C)C(=O)OC(C)(C)C)cc1. The Balaban J connectivity index is 2.88. The predicted octanol–water partition coefficient (Wildman–Crippen LogP) is 3.52. The summed E-state index contributed by atoms with van der Waals surface area (Å²) in [5.41, 5.74) is 0.188. The number of carbonyl (C=O) groups is 2. The fraction of sp³-hybridized carbons (Fsp3) is 0.467. The Morgan fingerprint density at radius 1 is 1.30 bits per heavy atom. The molecule has 0 fully saturated rings. The van der Waals surface area contributed by atoms with E-state index in [2.05, 4.69) is 0 Å². The molecule has 1 aromatic carbocycles.